The summed E-state index contributed by atoms with van der Waals surface area (Å²) in [5.74, 6) is 0. The molecule has 5 heteroatoms. The molecule has 1 aliphatic rings. The van der Waals surface area contributed by atoms with E-state index in [1.54, 1.807) is 0 Å². The van der Waals surface area contributed by atoms with Gasteiger partial charge in [-0.15, -0.1) is 0 Å². The standard InChI is InChI=1S/C12H15N3O2/c16-10-13-14-12-3-1-11(2-4-12)9-15-5-7-17-8-6-15/h1-4,14H,5-9H2. The highest BCUT2D eigenvalue weighted by atomic mass is 16.5. The first kappa shape index (κ1) is 11.8. The van der Waals surface area contributed by atoms with E-state index >= 15 is 0 Å². The lowest BCUT2D eigenvalue weighted by molar-refractivity contribution is 0.0342. The number of ether oxygens (including phenoxy) is 1. The number of nitrogens with zero attached hydrogens (tertiary/aromatic N) is 2. The molecule has 0 radical (unpaired) electrons. The molecule has 0 saturated carbocycles. The number of morpholine rings is 1. The van der Waals surface area contributed by atoms with Crippen LogP contribution in [0.5, 0.6) is 0 Å². The third-order valence-electron chi connectivity index (χ3n) is 2.69. The van der Waals surface area contributed by atoms with E-state index in [0.717, 1.165) is 38.5 Å². The molecule has 2 rings (SSSR count). The van der Waals surface area contributed by atoms with Crippen molar-refractivity contribution < 1.29 is 9.53 Å². The van der Waals surface area contributed by atoms with Gasteiger partial charge in [-0.2, -0.15) is 0 Å². The lowest BCUT2D eigenvalue weighted by atomic mass is 10.2. The number of rotatable bonds is 4. The Balaban J connectivity index is 1.90. The van der Waals surface area contributed by atoms with Gasteiger partial charge >= 0.3 is 0 Å². The molecule has 1 aliphatic heterocycles. The summed E-state index contributed by atoms with van der Waals surface area (Å²) in [7, 11) is 0. The maximum Gasteiger partial charge on any atom is 0.258 e. The molecule has 5 nitrogen and oxygen atoms in total. The minimum atomic E-state index is 0.791. The van der Waals surface area contributed by atoms with Crippen molar-refractivity contribution in [3.8, 4) is 0 Å². The number of hydrogen-bond acceptors (Lipinski definition) is 5. The highest BCUT2D eigenvalue weighted by molar-refractivity contribution is 5.46. The largest absolute Gasteiger partial charge is 0.379 e. The molecule has 0 amide bonds. The molecular formula is C12H15N3O2. The molecule has 1 saturated heterocycles. The molecule has 17 heavy (non-hydrogen) atoms. The number of nitrogens with one attached hydrogen (secondary N) is 1. The normalized spacial score (nSPS) is 16.2. The van der Waals surface area contributed by atoms with Crippen LogP contribution in [0, 0.1) is 0 Å². The summed E-state index contributed by atoms with van der Waals surface area (Å²) in [4.78, 5) is 12.3. The van der Waals surface area contributed by atoms with Crippen molar-refractivity contribution >= 4 is 11.8 Å². The van der Waals surface area contributed by atoms with Crippen LogP contribution in [0.1, 0.15) is 5.56 Å². The number of anilines is 1. The number of hydrogen-bond donors (Lipinski definition) is 1. The zero-order valence-corrected chi connectivity index (χ0v) is 9.56. The van der Waals surface area contributed by atoms with Gasteiger partial charge in [-0.05, 0) is 17.7 Å². The van der Waals surface area contributed by atoms with Gasteiger partial charge in [0, 0.05) is 19.6 Å². The van der Waals surface area contributed by atoms with Crippen molar-refractivity contribution in [3.05, 3.63) is 29.8 Å². The fraction of sp³-hybridized carbons (Fsp3) is 0.417. The predicted molar refractivity (Wildman–Crippen MR) is 64.3 cm³/mol. The first-order valence-corrected chi connectivity index (χ1v) is 5.60. The average molecular weight is 233 g/mol. The van der Waals surface area contributed by atoms with E-state index in [-0.39, 0.29) is 0 Å². The molecule has 0 spiro atoms. The van der Waals surface area contributed by atoms with E-state index in [2.05, 4.69) is 15.4 Å². The number of hydrazone groups is 1. The van der Waals surface area contributed by atoms with Crippen LogP contribution >= 0.6 is 0 Å². The SMILES string of the molecule is O=C=NNc1ccc(CN2CCOCC2)cc1. The number of benzene rings is 1. The van der Waals surface area contributed by atoms with Gasteiger partial charge in [0.05, 0.1) is 18.9 Å². The molecule has 0 unspecified atom stereocenters. The van der Waals surface area contributed by atoms with Crippen molar-refractivity contribution in [2.24, 2.45) is 5.10 Å². The smallest absolute Gasteiger partial charge is 0.258 e. The minimum absolute atomic E-state index is 0.791. The van der Waals surface area contributed by atoms with Gasteiger partial charge in [-0.3, -0.25) is 10.3 Å². The molecular weight excluding hydrogens is 218 g/mol. The predicted octanol–water partition coefficient (Wildman–Crippen LogP) is 1.18. The third kappa shape index (κ3) is 3.67. The Kier molecular flexibility index (Phi) is 4.27. The summed E-state index contributed by atoms with van der Waals surface area (Å²) < 4.78 is 5.30. The second-order valence-corrected chi connectivity index (χ2v) is 3.90. The van der Waals surface area contributed by atoms with Crippen molar-refractivity contribution in [3.63, 3.8) is 0 Å². The van der Waals surface area contributed by atoms with E-state index in [1.807, 2.05) is 24.3 Å². The Bertz CT molecular complexity index is 393. The van der Waals surface area contributed by atoms with Crippen molar-refractivity contribution in [2.45, 2.75) is 6.54 Å². The summed E-state index contributed by atoms with van der Waals surface area (Å²) in [6, 6.07) is 7.85. The van der Waals surface area contributed by atoms with Crippen LogP contribution in [0.3, 0.4) is 0 Å². The summed E-state index contributed by atoms with van der Waals surface area (Å²) in [6.07, 6.45) is 1.44. The molecule has 0 atom stereocenters. The molecule has 0 bridgehead atoms. The number of isocyanates is 1. The fourth-order valence-electron chi connectivity index (χ4n) is 1.79. The second-order valence-electron chi connectivity index (χ2n) is 3.90. The molecule has 90 valence electrons. The van der Waals surface area contributed by atoms with Gasteiger partial charge in [-0.1, -0.05) is 17.2 Å². The van der Waals surface area contributed by atoms with E-state index in [1.165, 1.54) is 11.6 Å². The van der Waals surface area contributed by atoms with Crippen molar-refractivity contribution in [1.29, 1.82) is 0 Å². The van der Waals surface area contributed by atoms with Crippen molar-refractivity contribution in [2.75, 3.05) is 31.7 Å². The average Bonchev–Trinajstić information content (AvgIpc) is 2.39. The van der Waals surface area contributed by atoms with E-state index in [9.17, 15) is 4.79 Å². The summed E-state index contributed by atoms with van der Waals surface area (Å²) in [5, 5.41) is 3.30. The van der Waals surface area contributed by atoms with E-state index in [0.29, 0.717) is 0 Å². The Morgan fingerprint density at radius 3 is 2.65 bits per heavy atom. The molecule has 1 heterocycles. The zero-order valence-electron chi connectivity index (χ0n) is 9.56. The fourth-order valence-corrected chi connectivity index (χ4v) is 1.79. The van der Waals surface area contributed by atoms with Gasteiger partial charge in [0.25, 0.3) is 6.08 Å². The van der Waals surface area contributed by atoms with E-state index in [4.69, 9.17) is 4.74 Å². The summed E-state index contributed by atoms with van der Waals surface area (Å²) >= 11 is 0. The molecule has 0 aliphatic carbocycles. The van der Waals surface area contributed by atoms with Gasteiger partial charge in [0.15, 0.2) is 0 Å². The molecule has 1 N–H and O–H groups in total. The third-order valence-corrected chi connectivity index (χ3v) is 2.69. The van der Waals surface area contributed by atoms with Crippen LogP contribution in [0.15, 0.2) is 29.4 Å². The summed E-state index contributed by atoms with van der Waals surface area (Å²) in [5.41, 5.74) is 4.63. The van der Waals surface area contributed by atoms with Crippen LogP contribution in [0.25, 0.3) is 0 Å². The van der Waals surface area contributed by atoms with Gasteiger partial charge in [-0.25, -0.2) is 4.79 Å². The highest BCUT2D eigenvalue weighted by Crippen LogP contribution is 2.12. The van der Waals surface area contributed by atoms with Crippen LogP contribution in [0.4, 0.5) is 5.69 Å². The molecule has 1 fully saturated rings. The van der Waals surface area contributed by atoms with Crippen molar-refractivity contribution in [1.82, 2.24) is 4.90 Å². The Labute approximate surface area is 100 Å². The monoisotopic (exact) mass is 233 g/mol. The minimum Gasteiger partial charge on any atom is -0.379 e. The first-order valence-electron chi connectivity index (χ1n) is 5.60. The lowest BCUT2D eigenvalue weighted by Gasteiger charge is -2.26. The molecule has 1 aromatic carbocycles. The lowest BCUT2D eigenvalue weighted by Crippen LogP contribution is -2.35. The Morgan fingerprint density at radius 1 is 1.29 bits per heavy atom. The first-order chi connectivity index (χ1) is 8.38. The van der Waals surface area contributed by atoms with Crippen LogP contribution in [-0.4, -0.2) is 37.3 Å². The van der Waals surface area contributed by atoms with E-state index < -0.39 is 0 Å². The Morgan fingerprint density at radius 2 is 2.00 bits per heavy atom. The second kappa shape index (κ2) is 6.15. The van der Waals surface area contributed by atoms with Gasteiger partial charge in [0.1, 0.15) is 0 Å². The maximum atomic E-state index is 9.94. The van der Waals surface area contributed by atoms with Crippen LogP contribution in [0.2, 0.25) is 0 Å². The molecule has 1 aromatic rings. The van der Waals surface area contributed by atoms with Gasteiger partial charge < -0.3 is 4.74 Å². The van der Waals surface area contributed by atoms with Crippen LogP contribution in [-0.2, 0) is 16.1 Å². The zero-order chi connectivity index (χ0) is 11.9. The summed E-state index contributed by atoms with van der Waals surface area (Å²) in [6.45, 7) is 4.52. The van der Waals surface area contributed by atoms with Crippen LogP contribution < -0.4 is 5.43 Å². The topological polar surface area (TPSA) is 53.9 Å². The highest BCUT2D eigenvalue weighted by Gasteiger charge is 2.10. The Hall–Kier alpha value is -1.68. The maximum absolute atomic E-state index is 9.94. The molecule has 0 aromatic heterocycles. The quantitative estimate of drug-likeness (QED) is 0.482. The number of carbonyl (C=O) groups excluding carboxylic acids is 1. The van der Waals surface area contributed by atoms with Gasteiger partial charge in [0.2, 0.25) is 0 Å².